The minimum atomic E-state index is -0.230. The highest BCUT2D eigenvalue weighted by atomic mass is 35.5. The van der Waals surface area contributed by atoms with Gasteiger partial charge in [-0.15, -0.1) is 16.4 Å². The normalized spacial score (nSPS) is 11.4. The molecule has 0 bridgehead atoms. The Kier molecular flexibility index (Phi) is 5.38. The number of thiophene rings is 1. The SMILES string of the molecule is CCCn1c(SCc2nc3scc(-c4ccc(Cl)cc4)c3c(=O)[nH]2)n[nH]c1=O. The van der Waals surface area contributed by atoms with Crippen molar-refractivity contribution in [2.75, 3.05) is 0 Å². The molecule has 0 saturated heterocycles. The van der Waals surface area contributed by atoms with Crippen LogP contribution in [-0.2, 0) is 12.3 Å². The minimum Gasteiger partial charge on any atom is -0.309 e. The first-order valence-electron chi connectivity index (χ1n) is 8.61. The molecule has 0 unspecified atom stereocenters. The monoisotopic (exact) mass is 433 g/mol. The summed E-state index contributed by atoms with van der Waals surface area (Å²) in [4.78, 5) is 32.6. The Morgan fingerprint density at radius 1 is 1.25 bits per heavy atom. The van der Waals surface area contributed by atoms with Crippen LogP contribution in [0.5, 0.6) is 0 Å². The van der Waals surface area contributed by atoms with Crippen LogP contribution in [0.15, 0.2) is 44.4 Å². The van der Waals surface area contributed by atoms with Crippen molar-refractivity contribution >= 4 is 44.9 Å². The lowest BCUT2D eigenvalue weighted by Gasteiger charge is -2.04. The zero-order valence-electron chi connectivity index (χ0n) is 14.9. The molecule has 0 saturated carbocycles. The van der Waals surface area contributed by atoms with Crippen molar-refractivity contribution in [3.8, 4) is 11.1 Å². The molecule has 2 N–H and O–H groups in total. The summed E-state index contributed by atoms with van der Waals surface area (Å²) in [6.07, 6.45) is 0.830. The molecule has 0 aliphatic carbocycles. The standard InChI is InChI=1S/C18H16ClN5O2S2/c1-2-7-24-17(26)22-23-18(24)28-9-13-20-15(25)14-12(8-27-16(14)21-13)10-3-5-11(19)6-4-10/h3-6,8H,2,7,9H2,1H3,(H,22,26)(H,20,21,25). The predicted molar refractivity (Wildman–Crippen MR) is 113 cm³/mol. The number of aromatic amines is 2. The van der Waals surface area contributed by atoms with E-state index in [-0.39, 0.29) is 11.2 Å². The third-order valence-corrected chi connectivity index (χ3v) is 6.27. The molecule has 28 heavy (non-hydrogen) atoms. The Morgan fingerprint density at radius 3 is 2.79 bits per heavy atom. The average Bonchev–Trinajstić information content (AvgIpc) is 3.26. The highest BCUT2D eigenvalue weighted by Crippen LogP contribution is 2.31. The molecule has 10 heteroatoms. The summed E-state index contributed by atoms with van der Waals surface area (Å²) in [7, 11) is 0. The molecule has 0 atom stereocenters. The van der Waals surface area contributed by atoms with Crippen LogP contribution in [0.4, 0.5) is 0 Å². The highest BCUT2D eigenvalue weighted by Gasteiger charge is 2.14. The smallest absolute Gasteiger partial charge is 0.309 e. The van der Waals surface area contributed by atoms with Gasteiger partial charge in [-0.1, -0.05) is 42.4 Å². The van der Waals surface area contributed by atoms with Crippen molar-refractivity contribution in [2.24, 2.45) is 0 Å². The van der Waals surface area contributed by atoms with E-state index in [0.29, 0.717) is 38.5 Å². The van der Waals surface area contributed by atoms with Gasteiger partial charge in [0, 0.05) is 22.5 Å². The number of benzene rings is 1. The number of fused-ring (bicyclic) bond motifs is 1. The maximum absolute atomic E-state index is 12.7. The molecule has 0 radical (unpaired) electrons. The van der Waals surface area contributed by atoms with Gasteiger partial charge in [0.05, 0.1) is 11.1 Å². The lowest BCUT2D eigenvalue weighted by Crippen LogP contribution is -2.17. The number of H-pyrrole nitrogens is 2. The summed E-state index contributed by atoms with van der Waals surface area (Å²) in [6, 6.07) is 7.37. The fourth-order valence-corrected chi connectivity index (χ4v) is 4.81. The first-order valence-corrected chi connectivity index (χ1v) is 10.9. The second kappa shape index (κ2) is 7.94. The Balaban J connectivity index is 1.63. The molecule has 7 nitrogen and oxygen atoms in total. The van der Waals surface area contributed by atoms with E-state index in [4.69, 9.17) is 11.6 Å². The maximum Gasteiger partial charge on any atom is 0.343 e. The molecule has 0 aliphatic heterocycles. The zero-order valence-corrected chi connectivity index (χ0v) is 17.2. The first kappa shape index (κ1) is 19.0. The van der Waals surface area contributed by atoms with E-state index in [2.05, 4.69) is 20.2 Å². The van der Waals surface area contributed by atoms with Crippen molar-refractivity contribution in [1.29, 1.82) is 0 Å². The Labute approximate surface area is 172 Å². The first-order chi connectivity index (χ1) is 13.6. The minimum absolute atomic E-state index is 0.181. The Bertz CT molecular complexity index is 1240. The Morgan fingerprint density at radius 2 is 2.04 bits per heavy atom. The quantitative estimate of drug-likeness (QED) is 0.449. The van der Waals surface area contributed by atoms with Gasteiger partial charge >= 0.3 is 5.69 Å². The fourth-order valence-electron chi connectivity index (χ4n) is 2.87. The van der Waals surface area contributed by atoms with Gasteiger partial charge in [-0.25, -0.2) is 14.9 Å². The van der Waals surface area contributed by atoms with Crippen LogP contribution >= 0.6 is 34.7 Å². The van der Waals surface area contributed by atoms with Gasteiger partial charge in [0.1, 0.15) is 10.7 Å². The molecule has 0 aliphatic rings. The number of nitrogens with zero attached hydrogens (tertiary/aromatic N) is 3. The van der Waals surface area contributed by atoms with Crippen molar-refractivity contribution < 1.29 is 0 Å². The summed E-state index contributed by atoms with van der Waals surface area (Å²) in [5.41, 5.74) is 1.35. The van der Waals surface area contributed by atoms with Crippen LogP contribution in [0, 0.1) is 0 Å². The lowest BCUT2D eigenvalue weighted by atomic mass is 10.1. The van der Waals surface area contributed by atoms with E-state index in [0.717, 1.165) is 17.5 Å². The molecule has 0 fully saturated rings. The van der Waals surface area contributed by atoms with E-state index in [1.165, 1.54) is 23.1 Å². The molecule has 0 amide bonds. The second-order valence-corrected chi connectivity index (χ2v) is 8.34. The number of thioether (sulfide) groups is 1. The molecule has 0 spiro atoms. The van der Waals surface area contributed by atoms with E-state index in [1.54, 1.807) is 16.7 Å². The van der Waals surface area contributed by atoms with Gasteiger partial charge in [-0.2, -0.15) is 0 Å². The van der Waals surface area contributed by atoms with Gasteiger partial charge in [-0.05, 0) is 24.1 Å². The van der Waals surface area contributed by atoms with Crippen LogP contribution in [0.2, 0.25) is 5.02 Å². The summed E-state index contributed by atoms with van der Waals surface area (Å²) in [6.45, 7) is 2.59. The second-order valence-electron chi connectivity index (χ2n) is 6.10. The summed E-state index contributed by atoms with van der Waals surface area (Å²) < 4.78 is 1.59. The van der Waals surface area contributed by atoms with E-state index in [1.807, 2.05) is 24.4 Å². The molecule has 3 aromatic heterocycles. The number of rotatable bonds is 6. The van der Waals surface area contributed by atoms with Gasteiger partial charge in [0.2, 0.25) is 0 Å². The van der Waals surface area contributed by atoms with Gasteiger partial charge in [0.25, 0.3) is 5.56 Å². The van der Waals surface area contributed by atoms with E-state index in [9.17, 15) is 9.59 Å². The largest absolute Gasteiger partial charge is 0.343 e. The van der Waals surface area contributed by atoms with Gasteiger partial charge < -0.3 is 4.98 Å². The van der Waals surface area contributed by atoms with E-state index < -0.39 is 0 Å². The highest BCUT2D eigenvalue weighted by molar-refractivity contribution is 7.98. The molecule has 1 aromatic carbocycles. The molecular weight excluding hydrogens is 418 g/mol. The average molecular weight is 434 g/mol. The zero-order chi connectivity index (χ0) is 19.7. The van der Waals surface area contributed by atoms with Crippen LogP contribution in [0.3, 0.4) is 0 Å². The number of aromatic nitrogens is 5. The van der Waals surface area contributed by atoms with Crippen LogP contribution in [0.1, 0.15) is 19.2 Å². The fraction of sp³-hybridized carbons (Fsp3) is 0.222. The maximum atomic E-state index is 12.7. The molecular formula is C18H16ClN5O2S2. The van der Waals surface area contributed by atoms with Crippen LogP contribution < -0.4 is 11.2 Å². The molecule has 4 aromatic rings. The molecule has 144 valence electrons. The number of halogens is 1. The summed E-state index contributed by atoms with van der Waals surface area (Å²) >= 11 is 8.74. The topological polar surface area (TPSA) is 96.4 Å². The molecule has 4 rings (SSSR count). The van der Waals surface area contributed by atoms with E-state index >= 15 is 0 Å². The van der Waals surface area contributed by atoms with Gasteiger partial charge in [-0.3, -0.25) is 9.36 Å². The summed E-state index contributed by atoms with van der Waals surface area (Å²) in [5.74, 6) is 0.957. The van der Waals surface area contributed by atoms with Crippen LogP contribution in [0.25, 0.3) is 21.3 Å². The van der Waals surface area contributed by atoms with Gasteiger partial charge in [0.15, 0.2) is 5.16 Å². The number of hydrogen-bond acceptors (Lipinski definition) is 6. The Hall–Kier alpha value is -2.36. The van der Waals surface area contributed by atoms with Crippen molar-refractivity contribution in [3.63, 3.8) is 0 Å². The number of hydrogen-bond donors (Lipinski definition) is 2. The third-order valence-electron chi connectivity index (χ3n) is 4.16. The summed E-state index contributed by atoms with van der Waals surface area (Å²) in [5, 5.41) is 10.2. The van der Waals surface area contributed by atoms with Crippen molar-refractivity contribution in [3.05, 3.63) is 61.3 Å². The van der Waals surface area contributed by atoms with Crippen molar-refractivity contribution in [1.82, 2.24) is 24.7 Å². The number of nitrogens with one attached hydrogen (secondary N) is 2. The lowest BCUT2D eigenvalue weighted by molar-refractivity contribution is 0.603. The molecule has 3 heterocycles. The van der Waals surface area contributed by atoms with Crippen LogP contribution in [-0.4, -0.2) is 24.7 Å². The third kappa shape index (κ3) is 3.65. The predicted octanol–water partition coefficient (Wildman–Crippen LogP) is 3.89. The van der Waals surface area contributed by atoms with Crippen molar-refractivity contribution in [2.45, 2.75) is 30.8 Å².